The maximum absolute atomic E-state index is 4.45. The summed E-state index contributed by atoms with van der Waals surface area (Å²) in [6.07, 6.45) is 4.68. The lowest BCUT2D eigenvalue weighted by molar-refractivity contribution is 0.586. The molecule has 0 fully saturated rings. The van der Waals surface area contributed by atoms with E-state index < -0.39 is 0 Å². The zero-order chi connectivity index (χ0) is 13.0. The minimum absolute atomic E-state index is 0.480. The van der Waals surface area contributed by atoms with Crippen LogP contribution in [0, 0.1) is 0 Å². The van der Waals surface area contributed by atoms with Crippen molar-refractivity contribution in [2.75, 3.05) is 0 Å². The SMILES string of the molecule is CCc1c(CNC(C)C)cnn1-c1ccccn1. The summed E-state index contributed by atoms with van der Waals surface area (Å²) < 4.78 is 1.93. The van der Waals surface area contributed by atoms with Crippen LogP contribution < -0.4 is 5.32 Å². The molecule has 1 N–H and O–H groups in total. The van der Waals surface area contributed by atoms with E-state index in [9.17, 15) is 0 Å². The molecule has 0 saturated carbocycles. The highest BCUT2D eigenvalue weighted by Gasteiger charge is 2.11. The second kappa shape index (κ2) is 5.78. The van der Waals surface area contributed by atoms with E-state index in [1.54, 1.807) is 6.20 Å². The van der Waals surface area contributed by atoms with Gasteiger partial charge in [0.25, 0.3) is 0 Å². The molecule has 0 saturated heterocycles. The summed E-state index contributed by atoms with van der Waals surface area (Å²) in [4.78, 5) is 4.35. The van der Waals surface area contributed by atoms with Crippen molar-refractivity contribution in [2.45, 2.75) is 39.8 Å². The first-order valence-corrected chi connectivity index (χ1v) is 6.43. The molecule has 0 aliphatic rings. The highest BCUT2D eigenvalue weighted by molar-refractivity contribution is 5.28. The molecule has 0 bridgehead atoms. The molecule has 0 amide bonds. The van der Waals surface area contributed by atoms with Crippen molar-refractivity contribution in [3.63, 3.8) is 0 Å². The van der Waals surface area contributed by atoms with Crippen molar-refractivity contribution >= 4 is 0 Å². The topological polar surface area (TPSA) is 42.7 Å². The van der Waals surface area contributed by atoms with E-state index in [-0.39, 0.29) is 0 Å². The fourth-order valence-electron chi connectivity index (χ4n) is 1.92. The second-order valence-corrected chi connectivity index (χ2v) is 4.61. The number of pyridine rings is 1. The van der Waals surface area contributed by atoms with Gasteiger partial charge in [-0.25, -0.2) is 9.67 Å². The summed E-state index contributed by atoms with van der Waals surface area (Å²) in [5, 5.41) is 7.88. The van der Waals surface area contributed by atoms with Crippen LogP contribution in [0.3, 0.4) is 0 Å². The van der Waals surface area contributed by atoms with Crippen molar-refractivity contribution in [3.8, 4) is 5.82 Å². The van der Waals surface area contributed by atoms with Crippen molar-refractivity contribution in [1.29, 1.82) is 0 Å². The lowest BCUT2D eigenvalue weighted by atomic mass is 10.2. The van der Waals surface area contributed by atoms with Crippen LogP contribution >= 0.6 is 0 Å². The van der Waals surface area contributed by atoms with Crippen LogP contribution in [0.1, 0.15) is 32.0 Å². The van der Waals surface area contributed by atoms with Crippen LogP contribution in [0.2, 0.25) is 0 Å². The van der Waals surface area contributed by atoms with Gasteiger partial charge in [0.1, 0.15) is 0 Å². The highest BCUT2D eigenvalue weighted by atomic mass is 15.3. The van der Waals surface area contributed by atoms with Crippen molar-refractivity contribution in [1.82, 2.24) is 20.1 Å². The molecule has 0 atom stereocenters. The molecule has 0 spiro atoms. The molecule has 2 aromatic heterocycles. The smallest absolute Gasteiger partial charge is 0.153 e. The number of nitrogens with zero attached hydrogens (tertiary/aromatic N) is 3. The van der Waals surface area contributed by atoms with Gasteiger partial charge in [-0.2, -0.15) is 5.10 Å². The highest BCUT2D eigenvalue weighted by Crippen LogP contribution is 2.14. The molecule has 0 radical (unpaired) electrons. The van der Waals surface area contributed by atoms with E-state index in [0.29, 0.717) is 6.04 Å². The average Bonchev–Trinajstić information content (AvgIpc) is 2.80. The van der Waals surface area contributed by atoms with Gasteiger partial charge in [-0.05, 0) is 18.6 Å². The zero-order valence-corrected chi connectivity index (χ0v) is 11.2. The van der Waals surface area contributed by atoms with Crippen molar-refractivity contribution in [2.24, 2.45) is 0 Å². The maximum Gasteiger partial charge on any atom is 0.153 e. The first-order valence-electron chi connectivity index (χ1n) is 6.43. The summed E-state index contributed by atoms with van der Waals surface area (Å²) in [7, 11) is 0. The van der Waals surface area contributed by atoms with E-state index in [0.717, 1.165) is 18.8 Å². The van der Waals surface area contributed by atoms with Crippen molar-refractivity contribution in [3.05, 3.63) is 41.9 Å². The Hall–Kier alpha value is -1.68. The monoisotopic (exact) mass is 244 g/mol. The normalized spacial score (nSPS) is 11.1. The van der Waals surface area contributed by atoms with Crippen LogP contribution in [0.25, 0.3) is 5.82 Å². The molecule has 96 valence electrons. The number of hydrogen-bond acceptors (Lipinski definition) is 3. The Bertz CT molecular complexity index is 488. The fourth-order valence-corrected chi connectivity index (χ4v) is 1.92. The lowest BCUT2D eigenvalue weighted by Gasteiger charge is -2.09. The second-order valence-electron chi connectivity index (χ2n) is 4.61. The number of rotatable bonds is 5. The standard InChI is InChI=1S/C14H20N4/c1-4-13-12(9-16-11(2)3)10-17-18(13)14-7-5-6-8-15-14/h5-8,10-11,16H,4,9H2,1-3H3. The van der Waals surface area contributed by atoms with E-state index >= 15 is 0 Å². The molecule has 2 heterocycles. The molecule has 4 nitrogen and oxygen atoms in total. The zero-order valence-electron chi connectivity index (χ0n) is 11.2. The van der Waals surface area contributed by atoms with Gasteiger partial charge >= 0.3 is 0 Å². The predicted octanol–water partition coefficient (Wildman–Crippen LogP) is 2.33. The average molecular weight is 244 g/mol. The van der Waals surface area contributed by atoms with Crippen LogP contribution in [0.4, 0.5) is 0 Å². The fraction of sp³-hybridized carbons (Fsp3) is 0.429. The van der Waals surface area contributed by atoms with Gasteiger partial charge in [0.05, 0.1) is 11.9 Å². The Morgan fingerprint density at radius 3 is 2.78 bits per heavy atom. The Morgan fingerprint density at radius 2 is 2.17 bits per heavy atom. The first kappa shape index (κ1) is 12.8. The Balaban J connectivity index is 2.27. The summed E-state index contributed by atoms with van der Waals surface area (Å²) in [6.45, 7) is 7.30. The van der Waals surface area contributed by atoms with E-state index in [1.807, 2.05) is 29.1 Å². The molecule has 0 unspecified atom stereocenters. The molecular weight excluding hydrogens is 224 g/mol. The molecule has 0 aliphatic carbocycles. The minimum Gasteiger partial charge on any atom is -0.310 e. The van der Waals surface area contributed by atoms with E-state index in [1.165, 1.54) is 11.3 Å². The third-order valence-electron chi connectivity index (χ3n) is 2.86. The van der Waals surface area contributed by atoms with E-state index in [2.05, 4.69) is 36.2 Å². The first-order chi connectivity index (χ1) is 8.72. The molecule has 4 heteroatoms. The molecule has 0 aromatic carbocycles. The van der Waals surface area contributed by atoms with Crippen LogP contribution in [0.15, 0.2) is 30.6 Å². The third kappa shape index (κ3) is 2.76. The van der Waals surface area contributed by atoms with E-state index in [4.69, 9.17) is 0 Å². The quantitative estimate of drug-likeness (QED) is 0.877. The summed E-state index contributed by atoms with van der Waals surface area (Å²) >= 11 is 0. The maximum atomic E-state index is 4.45. The molecule has 18 heavy (non-hydrogen) atoms. The number of aromatic nitrogens is 3. The Morgan fingerprint density at radius 1 is 1.33 bits per heavy atom. The minimum atomic E-state index is 0.480. The van der Waals surface area contributed by atoms with Crippen LogP contribution in [-0.2, 0) is 13.0 Å². The van der Waals surface area contributed by atoms with Gasteiger partial charge < -0.3 is 5.32 Å². The molecule has 2 rings (SSSR count). The molecule has 0 aliphatic heterocycles. The Labute approximate surface area is 108 Å². The summed E-state index contributed by atoms with van der Waals surface area (Å²) in [6, 6.07) is 6.36. The summed E-state index contributed by atoms with van der Waals surface area (Å²) in [5.74, 6) is 0.880. The number of hydrogen-bond donors (Lipinski definition) is 1. The van der Waals surface area contributed by atoms with Crippen molar-refractivity contribution < 1.29 is 0 Å². The van der Waals surface area contributed by atoms with Crippen LogP contribution in [0.5, 0.6) is 0 Å². The van der Waals surface area contributed by atoms with Crippen LogP contribution in [-0.4, -0.2) is 20.8 Å². The third-order valence-corrected chi connectivity index (χ3v) is 2.86. The van der Waals surface area contributed by atoms with Gasteiger partial charge in [0.2, 0.25) is 0 Å². The van der Waals surface area contributed by atoms with Gasteiger partial charge in [-0.15, -0.1) is 0 Å². The lowest BCUT2D eigenvalue weighted by Crippen LogP contribution is -2.22. The summed E-state index contributed by atoms with van der Waals surface area (Å²) in [5.41, 5.74) is 2.47. The van der Waals surface area contributed by atoms with Gasteiger partial charge in [0, 0.05) is 24.3 Å². The van der Waals surface area contributed by atoms with Gasteiger partial charge in [0.15, 0.2) is 5.82 Å². The number of nitrogens with one attached hydrogen (secondary N) is 1. The largest absolute Gasteiger partial charge is 0.310 e. The predicted molar refractivity (Wildman–Crippen MR) is 72.7 cm³/mol. The Kier molecular flexibility index (Phi) is 4.10. The molecular formula is C14H20N4. The molecule has 2 aromatic rings. The van der Waals surface area contributed by atoms with Gasteiger partial charge in [-0.1, -0.05) is 26.8 Å². The van der Waals surface area contributed by atoms with Gasteiger partial charge in [-0.3, -0.25) is 0 Å².